The second-order valence-corrected chi connectivity index (χ2v) is 4.61. The summed E-state index contributed by atoms with van der Waals surface area (Å²) in [5.74, 6) is 1.20. The molecule has 15 heavy (non-hydrogen) atoms. The van der Waals surface area contributed by atoms with E-state index < -0.39 is 0 Å². The number of hydrogen-bond donors (Lipinski definition) is 1. The normalized spacial score (nSPS) is 10.6. The fourth-order valence-corrected chi connectivity index (χ4v) is 2.01. The molecule has 0 aliphatic carbocycles. The Labute approximate surface area is 102 Å². The first kappa shape index (κ1) is 10.5. The summed E-state index contributed by atoms with van der Waals surface area (Å²) in [6.07, 6.45) is 0. The summed E-state index contributed by atoms with van der Waals surface area (Å²) in [5.41, 5.74) is 9.10. The predicted octanol–water partition coefficient (Wildman–Crippen LogP) is 3.15. The number of aryl methyl sites for hydroxylation is 2. The van der Waals surface area contributed by atoms with E-state index in [0.29, 0.717) is 5.82 Å². The standard InChI is InChI=1S/C11H11IN2O/c1-6-3-4-8(7(2)5-6)10-9(12)11(13)14-15-10/h3-5H,1-2H3,(H2,13,14). The van der Waals surface area contributed by atoms with Gasteiger partial charge in [0.2, 0.25) is 0 Å². The van der Waals surface area contributed by atoms with Gasteiger partial charge in [-0.15, -0.1) is 0 Å². The summed E-state index contributed by atoms with van der Waals surface area (Å²) in [6, 6.07) is 6.20. The molecule has 2 rings (SSSR count). The molecule has 0 unspecified atom stereocenters. The van der Waals surface area contributed by atoms with Crippen molar-refractivity contribution < 1.29 is 4.52 Å². The highest BCUT2D eigenvalue weighted by atomic mass is 127. The SMILES string of the molecule is Cc1ccc(-c2onc(N)c2I)c(C)c1. The Morgan fingerprint density at radius 1 is 1.33 bits per heavy atom. The number of nitrogens with zero attached hydrogens (tertiary/aromatic N) is 1. The van der Waals surface area contributed by atoms with Crippen LogP contribution in [0.1, 0.15) is 11.1 Å². The smallest absolute Gasteiger partial charge is 0.182 e. The van der Waals surface area contributed by atoms with Crippen LogP contribution < -0.4 is 5.73 Å². The van der Waals surface area contributed by atoms with E-state index >= 15 is 0 Å². The number of rotatable bonds is 1. The molecule has 1 aromatic heterocycles. The summed E-state index contributed by atoms with van der Waals surface area (Å²) < 4.78 is 6.09. The maximum Gasteiger partial charge on any atom is 0.182 e. The summed E-state index contributed by atoms with van der Waals surface area (Å²) in [7, 11) is 0. The molecule has 0 saturated heterocycles. The van der Waals surface area contributed by atoms with Gasteiger partial charge in [-0.1, -0.05) is 28.9 Å². The van der Waals surface area contributed by atoms with E-state index in [2.05, 4.69) is 53.7 Å². The minimum atomic E-state index is 0.450. The van der Waals surface area contributed by atoms with Gasteiger partial charge in [0.25, 0.3) is 0 Å². The fourth-order valence-electron chi connectivity index (χ4n) is 1.53. The molecule has 1 aromatic carbocycles. The van der Waals surface area contributed by atoms with Crippen LogP contribution in [-0.4, -0.2) is 5.16 Å². The van der Waals surface area contributed by atoms with Gasteiger partial charge < -0.3 is 10.3 Å². The van der Waals surface area contributed by atoms with Gasteiger partial charge >= 0.3 is 0 Å². The van der Waals surface area contributed by atoms with Gasteiger partial charge in [-0.05, 0) is 42.0 Å². The van der Waals surface area contributed by atoms with Crippen molar-refractivity contribution in [2.75, 3.05) is 5.73 Å². The number of nitrogens with two attached hydrogens (primary N) is 1. The van der Waals surface area contributed by atoms with Crippen molar-refractivity contribution in [2.45, 2.75) is 13.8 Å². The molecule has 1 heterocycles. The van der Waals surface area contributed by atoms with Crippen LogP contribution in [0.5, 0.6) is 0 Å². The molecule has 0 bridgehead atoms. The van der Waals surface area contributed by atoms with Crippen LogP contribution in [0.2, 0.25) is 0 Å². The second kappa shape index (κ2) is 3.84. The van der Waals surface area contributed by atoms with Crippen LogP contribution in [0.25, 0.3) is 11.3 Å². The highest BCUT2D eigenvalue weighted by molar-refractivity contribution is 14.1. The molecule has 0 spiro atoms. The number of halogens is 1. The van der Waals surface area contributed by atoms with Crippen molar-refractivity contribution in [3.05, 3.63) is 32.9 Å². The third-order valence-corrected chi connectivity index (χ3v) is 3.33. The van der Waals surface area contributed by atoms with E-state index in [1.807, 2.05) is 6.07 Å². The molecule has 0 saturated carbocycles. The molecular weight excluding hydrogens is 303 g/mol. The fraction of sp³-hybridized carbons (Fsp3) is 0.182. The maximum absolute atomic E-state index is 5.65. The van der Waals surface area contributed by atoms with E-state index in [-0.39, 0.29) is 0 Å². The molecule has 0 aliphatic heterocycles. The molecule has 3 nitrogen and oxygen atoms in total. The largest absolute Gasteiger partial charge is 0.380 e. The first-order chi connectivity index (χ1) is 7.09. The van der Waals surface area contributed by atoms with E-state index in [4.69, 9.17) is 10.3 Å². The zero-order valence-electron chi connectivity index (χ0n) is 8.54. The van der Waals surface area contributed by atoms with Crippen molar-refractivity contribution in [3.8, 4) is 11.3 Å². The monoisotopic (exact) mass is 314 g/mol. The Morgan fingerprint density at radius 2 is 2.07 bits per heavy atom. The van der Waals surface area contributed by atoms with Gasteiger partial charge in [0.15, 0.2) is 11.6 Å². The van der Waals surface area contributed by atoms with Crippen molar-refractivity contribution in [2.24, 2.45) is 0 Å². The van der Waals surface area contributed by atoms with Crippen LogP contribution in [0.3, 0.4) is 0 Å². The molecular formula is C11H11IN2O. The topological polar surface area (TPSA) is 52.0 Å². The van der Waals surface area contributed by atoms with Crippen LogP contribution in [-0.2, 0) is 0 Å². The van der Waals surface area contributed by atoms with Crippen molar-refractivity contribution in [1.82, 2.24) is 5.16 Å². The maximum atomic E-state index is 5.65. The zero-order chi connectivity index (χ0) is 11.0. The second-order valence-electron chi connectivity index (χ2n) is 3.53. The highest BCUT2D eigenvalue weighted by Crippen LogP contribution is 2.31. The third-order valence-electron chi connectivity index (χ3n) is 2.29. The quantitative estimate of drug-likeness (QED) is 0.823. The lowest BCUT2D eigenvalue weighted by Crippen LogP contribution is -1.88. The Morgan fingerprint density at radius 3 is 2.60 bits per heavy atom. The molecule has 78 valence electrons. The van der Waals surface area contributed by atoms with Gasteiger partial charge in [-0.25, -0.2) is 0 Å². The summed E-state index contributed by atoms with van der Waals surface area (Å²) in [5, 5.41) is 3.75. The first-order valence-electron chi connectivity index (χ1n) is 4.58. The Balaban J connectivity index is 2.59. The Bertz CT molecular complexity index is 505. The van der Waals surface area contributed by atoms with Gasteiger partial charge in [-0.2, -0.15) is 0 Å². The lowest BCUT2D eigenvalue weighted by molar-refractivity contribution is 0.435. The lowest BCUT2D eigenvalue weighted by atomic mass is 10.0. The van der Waals surface area contributed by atoms with Crippen molar-refractivity contribution in [3.63, 3.8) is 0 Å². The molecule has 0 aliphatic rings. The lowest BCUT2D eigenvalue weighted by Gasteiger charge is -2.03. The molecule has 0 fully saturated rings. The van der Waals surface area contributed by atoms with Gasteiger partial charge in [0, 0.05) is 5.56 Å². The molecule has 0 radical (unpaired) electrons. The van der Waals surface area contributed by atoms with Crippen LogP contribution in [0, 0.1) is 17.4 Å². The average Bonchev–Trinajstić information content (AvgIpc) is 2.49. The number of hydrogen-bond acceptors (Lipinski definition) is 3. The Kier molecular flexibility index (Phi) is 2.68. The van der Waals surface area contributed by atoms with Crippen LogP contribution in [0.15, 0.2) is 22.7 Å². The number of anilines is 1. The highest BCUT2D eigenvalue weighted by Gasteiger charge is 2.14. The zero-order valence-corrected chi connectivity index (χ0v) is 10.7. The molecule has 0 amide bonds. The third kappa shape index (κ3) is 1.86. The predicted molar refractivity (Wildman–Crippen MR) is 68.5 cm³/mol. The average molecular weight is 314 g/mol. The van der Waals surface area contributed by atoms with E-state index in [1.165, 1.54) is 11.1 Å². The van der Waals surface area contributed by atoms with Crippen LogP contribution in [0.4, 0.5) is 5.82 Å². The molecule has 2 N–H and O–H groups in total. The summed E-state index contributed by atoms with van der Waals surface area (Å²) in [4.78, 5) is 0. The number of benzene rings is 1. The van der Waals surface area contributed by atoms with Crippen molar-refractivity contribution >= 4 is 28.4 Å². The number of nitrogen functional groups attached to an aromatic ring is 1. The van der Waals surface area contributed by atoms with E-state index in [0.717, 1.165) is 14.9 Å². The molecule has 4 heteroatoms. The minimum Gasteiger partial charge on any atom is -0.380 e. The van der Waals surface area contributed by atoms with Crippen LogP contribution >= 0.6 is 22.6 Å². The van der Waals surface area contributed by atoms with E-state index in [1.54, 1.807) is 0 Å². The van der Waals surface area contributed by atoms with Gasteiger partial charge in [0.1, 0.15) is 3.57 Å². The van der Waals surface area contributed by atoms with Crippen molar-refractivity contribution in [1.29, 1.82) is 0 Å². The number of aromatic nitrogens is 1. The molecule has 0 atom stereocenters. The minimum absolute atomic E-state index is 0.450. The van der Waals surface area contributed by atoms with Gasteiger partial charge in [-0.3, -0.25) is 0 Å². The molecule has 2 aromatic rings. The first-order valence-corrected chi connectivity index (χ1v) is 5.65. The Hall–Kier alpha value is -1.04. The van der Waals surface area contributed by atoms with Gasteiger partial charge in [0.05, 0.1) is 0 Å². The van der Waals surface area contributed by atoms with E-state index in [9.17, 15) is 0 Å². The summed E-state index contributed by atoms with van der Waals surface area (Å²) >= 11 is 2.15. The summed E-state index contributed by atoms with van der Waals surface area (Å²) in [6.45, 7) is 4.12.